The molecule has 0 saturated carbocycles. The fraction of sp³-hybridized carbons (Fsp3) is 0.741. The summed E-state index contributed by atoms with van der Waals surface area (Å²) < 4.78 is 16.8. The monoisotopic (exact) mass is 893 g/mol. The Balaban J connectivity index is 4.39. The predicted molar refractivity (Wildman–Crippen MR) is 274 cm³/mol. The Bertz CT molecular complexity index is 1210. The van der Waals surface area contributed by atoms with Crippen LogP contribution in [0.5, 0.6) is 0 Å². The molecular weight excluding hydrogens is 793 g/mol. The quantitative estimate of drug-likeness (QED) is 0.0262. The van der Waals surface area contributed by atoms with Gasteiger partial charge in [-0.3, -0.25) is 14.4 Å². The molecular formula is C58H100O6. The zero-order valence-electron chi connectivity index (χ0n) is 42.0. The molecule has 0 rings (SSSR count). The zero-order valence-corrected chi connectivity index (χ0v) is 42.0. The predicted octanol–water partition coefficient (Wildman–Crippen LogP) is 17.8. The lowest BCUT2D eigenvalue weighted by Gasteiger charge is -2.18. The summed E-state index contributed by atoms with van der Waals surface area (Å²) in [7, 11) is 0. The summed E-state index contributed by atoms with van der Waals surface area (Å²) in [6.45, 7) is 6.49. The fourth-order valence-corrected chi connectivity index (χ4v) is 7.29. The molecule has 0 aliphatic rings. The molecule has 0 bridgehead atoms. The van der Waals surface area contributed by atoms with E-state index < -0.39 is 6.10 Å². The lowest BCUT2D eigenvalue weighted by molar-refractivity contribution is -0.167. The van der Waals surface area contributed by atoms with Crippen molar-refractivity contribution in [1.82, 2.24) is 0 Å². The maximum atomic E-state index is 12.8. The third-order valence-corrected chi connectivity index (χ3v) is 11.4. The highest BCUT2D eigenvalue weighted by molar-refractivity contribution is 5.71. The van der Waals surface area contributed by atoms with E-state index in [4.69, 9.17) is 14.2 Å². The van der Waals surface area contributed by atoms with Crippen LogP contribution in [-0.4, -0.2) is 37.2 Å². The van der Waals surface area contributed by atoms with Gasteiger partial charge in [0.15, 0.2) is 6.10 Å². The van der Waals surface area contributed by atoms with Crippen molar-refractivity contribution in [1.29, 1.82) is 0 Å². The summed E-state index contributed by atoms with van der Waals surface area (Å²) >= 11 is 0. The molecule has 0 amide bonds. The van der Waals surface area contributed by atoms with Gasteiger partial charge in [-0.1, -0.05) is 209 Å². The summed E-state index contributed by atoms with van der Waals surface area (Å²) in [5.41, 5.74) is 0. The Hall–Kier alpha value is -3.15. The summed E-state index contributed by atoms with van der Waals surface area (Å²) in [5, 5.41) is 0. The van der Waals surface area contributed by atoms with Crippen LogP contribution in [0.2, 0.25) is 0 Å². The van der Waals surface area contributed by atoms with Crippen molar-refractivity contribution in [2.45, 2.75) is 264 Å². The molecule has 0 heterocycles. The van der Waals surface area contributed by atoms with Crippen LogP contribution < -0.4 is 0 Å². The number of esters is 3. The van der Waals surface area contributed by atoms with Gasteiger partial charge in [0.05, 0.1) is 0 Å². The smallest absolute Gasteiger partial charge is 0.306 e. The minimum Gasteiger partial charge on any atom is -0.462 e. The van der Waals surface area contributed by atoms with Gasteiger partial charge in [0.1, 0.15) is 13.2 Å². The molecule has 368 valence electrons. The van der Waals surface area contributed by atoms with E-state index in [1.165, 1.54) is 96.3 Å². The SMILES string of the molecule is CCC/C=C\C/C=C\CCCCCCCC(=O)OCC(COC(=O)CCCCCCCCCCC/C=C\C/C=C\CCCCC)OC(=O)CCCCCCC/C=C\C/C=C\CCCC. The van der Waals surface area contributed by atoms with Crippen LogP contribution in [0.25, 0.3) is 0 Å². The first-order chi connectivity index (χ1) is 31.5. The number of hydrogen-bond donors (Lipinski definition) is 0. The molecule has 0 aromatic rings. The maximum Gasteiger partial charge on any atom is 0.306 e. The van der Waals surface area contributed by atoms with Gasteiger partial charge in [-0.05, 0) is 103 Å². The average Bonchev–Trinajstić information content (AvgIpc) is 3.29. The topological polar surface area (TPSA) is 78.9 Å². The van der Waals surface area contributed by atoms with Gasteiger partial charge in [0.2, 0.25) is 0 Å². The molecule has 1 unspecified atom stereocenters. The summed E-state index contributed by atoms with van der Waals surface area (Å²) in [4.78, 5) is 38.0. The van der Waals surface area contributed by atoms with Gasteiger partial charge < -0.3 is 14.2 Å². The lowest BCUT2D eigenvalue weighted by atomic mass is 10.1. The summed E-state index contributed by atoms with van der Waals surface area (Å²) in [6.07, 6.45) is 65.9. The Morgan fingerprint density at radius 3 is 0.969 bits per heavy atom. The van der Waals surface area contributed by atoms with Crippen molar-refractivity contribution in [2.75, 3.05) is 13.2 Å². The second-order valence-corrected chi connectivity index (χ2v) is 17.8. The van der Waals surface area contributed by atoms with Crippen LogP contribution >= 0.6 is 0 Å². The average molecular weight is 893 g/mol. The van der Waals surface area contributed by atoms with E-state index in [0.29, 0.717) is 19.3 Å². The van der Waals surface area contributed by atoms with Gasteiger partial charge in [0, 0.05) is 19.3 Å². The molecule has 6 nitrogen and oxygen atoms in total. The molecule has 0 aliphatic heterocycles. The Morgan fingerprint density at radius 2 is 0.609 bits per heavy atom. The van der Waals surface area contributed by atoms with Crippen molar-refractivity contribution in [2.24, 2.45) is 0 Å². The van der Waals surface area contributed by atoms with Crippen molar-refractivity contribution in [3.63, 3.8) is 0 Å². The van der Waals surface area contributed by atoms with Gasteiger partial charge in [-0.2, -0.15) is 0 Å². The first-order valence-electron chi connectivity index (χ1n) is 26.9. The second kappa shape index (κ2) is 52.5. The van der Waals surface area contributed by atoms with E-state index in [2.05, 4.69) is 93.7 Å². The van der Waals surface area contributed by atoms with Gasteiger partial charge in [-0.15, -0.1) is 0 Å². The maximum absolute atomic E-state index is 12.8. The molecule has 0 fully saturated rings. The van der Waals surface area contributed by atoms with Crippen LogP contribution in [0.3, 0.4) is 0 Å². The van der Waals surface area contributed by atoms with E-state index in [0.717, 1.165) is 122 Å². The van der Waals surface area contributed by atoms with E-state index in [1.54, 1.807) is 0 Å². The minimum atomic E-state index is -0.790. The number of unbranched alkanes of at least 4 members (excludes halogenated alkanes) is 25. The van der Waals surface area contributed by atoms with Crippen molar-refractivity contribution >= 4 is 17.9 Å². The van der Waals surface area contributed by atoms with Crippen LogP contribution in [0.15, 0.2) is 72.9 Å². The fourth-order valence-electron chi connectivity index (χ4n) is 7.29. The molecule has 6 heteroatoms. The molecule has 64 heavy (non-hydrogen) atoms. The number of hydrogen-bond acceptors (Lipinski definition) is 6. The molecule has 0 N–H and O–H groups in total. The normalized spacial score (nSPS) is 12.6. The first kappa shape index (κ1) is 60.9. The standard InChI is InChI=1S/C58H100O6/c1-4-7-10-13-16-19-22-25-27-28-29-30-31-34-36-39-42-45-48-51-57(60)63-54-55(53-62-56(59)50-47-44-41-38-35-32-24-21-18-15-12-9-6-3)64-58(61)52-49-46-43-40-37-33-26-23-20-17-14-11-8-5-2/h12,14-17,19,21,23-27,55H,4-11,13,18,20,22,28-54H2,1-3H3/b15-12-,17-14-,19-16-,24-21-,26-23-,27-25-. The van der Waals surface area contributed by atoms with Crippen molar-refractivity contribution < 1.29 is 28.6 Å². The van der Waals surface area contributed by atoms with Gasteiger partial charge in [0.25, 0.3) is 0 Å². The molecule has 0 radical (unpaired) electrons. The van der Waals surface area contributed by atoms with E-state index in [9.17, 15) is 14.4 Å². The minimum absolute atomic E-state index is 0.0880. The van der Waals surface area contributed by atoms with Gasteiger partial charge in [-0.25, -0.2) is 0 Å². The largest absolute Gasteiger partial charge is 0.462 e. The number of carbonyl (C=O) groups is 3. The lowest BCUT2D eigenvalue weighted by Crippen LogP contribution is -2.30. The second-order valence-electron chi connectivity index (χ2n) is 17.8. The number of ether oxygens (including phenoxy) is 3. The summed E-state index contributed by atoms with van der Waals surface area (Å²) in [6, 6.07) is 0. The Labute approximate surface area is 395 Å². The van der Waals surface area contributed by atoms with Crippen molar-refractivity contribution in [3.8, 4) is 0 Å². The molecule has 0 aromatic heterocycles. The molecule has 1 atom stereocenters. The molecule has 0 saturated heterocycles. The van der Waals surface area contributed by atoms with Gasteiger partial charge >= 0.3 is 17.9 Å². The van der Waals surface area contributed by atoms with E-state index in [-0.39, 0.29) is 31.1 Å². The number of allylic oxidation sites excluding steroid dienone is 12. The summed E-state index contributed by atoms with van der Waals surface area (Å²) in [5.74, 6) is -0.918. The van der Waals surface area contributed by atoms with Crippen LogP contribution in [0, 0.1) is 0 Å². The molecule has 0 aromatic carbocycles. The highest BCUT2D eigenvalue weighted by Gasteiger charge is 2.19. The van der Waals surface area contributed by atoms with Crippen LogP contribution in [-0.2, 0) is 28.6 Å². The number of rotatable bonds is 48. The Morgan fingerprint density at radius 1 is 0.312 bits per heavy atom. The first-order valence-corrected chi connectivity index (χ1v) is 26.9. The van der Waals surface area contributed by atoms with Crippen LogP contribution in [0.4, 0.5) is 0 Å². The third-order valence-electron chi connectivity index (χ3n) is 11.4. The zero-order chi connectivity index (χ0) is 46.5. The third kappa shape index (κ3) is 49.9. The molecule has 0 aliphatic carbocycles. The Kier molecular flexibility index (Phi) is 49.9. The highest BCUT2D eigenvalue weighted by Crippen LogP contribution is 2.14. The highest BCUT2D eigenvalue weighted by atomic mass is 16.6. The van der Waals surface area contributed by atoms with Crippen LogP contribution in [0.1, 0.15) is 258 Å². The molecule has 0 spiro atoms. The van der Waals surface area contributed by atoms with E-state index >= 15 is 0 Å². The van der Waals surface area contributed by atoms with Crippen molar-refractivity contribution in [3.05, 3.63) is 72.9 Å². The number of carbonyl (C=O) groups excluding carboxylic acids is 3. The van der Waals surface area contributed by atoms with E-state index in [1.807, 2.05) is 0 Å².